The Balaban J connectivity index is 1.68. The molecule has 1 unspecified atom stereocenters. The summed E-state index contributed by atoms with van der Waals surface area (Å²) in [5.41, 5.74) is 3.57. The van der Waals surface area contributed by atoms with Crippen molar-refractivity contribution in [1.82, 2.24) is 14.6 Å². The minimum Gasteiger partial charge on any atom is -0.353 e. The van der Waals surface area contributed by atoms with Crippen molar-refractivity contribution >= 4 is 21.4 Å². The molecule has 1 N–H and O–H groups in total. The summed E-state index contributed by atoms with van der Waals surface area (Å²) in [6.07, 6.45) is 2.79. The lowest BCUT2D eigenvalue weighted by atomic mass is 9.86. The quantitative estimate of drug-likeness (QED) is 0.771. The molecule has 1 atom stereocenters. The average Bonchev–Trinajstić information content (AvgIpc) is 3.08. The number of hydrogen-bond acceptors (Lipinski definition) is 5. The van der Waals surface area contributed by atoms with E-state index < -0.39 is 0 Å². The van der Waals surface area contributed by atoms with Crippen molar-refractivity contribution in [3.05, 3.63) is 57.5 Å². The van der Waals surface area contributed by atoms with Gasteiger partial charge in [-0.1, -0.05) is 62.8 Å². The summed E-state index contributed by atoms with van der Waals surface area (Å²) in [5.74, 6) is 0. The number of fused-ring (bicyclic) bond motifs is 2. The normalized spacial score (nSPS) is 18.4. The largest absolute Gasteiger partial charge is 0.353 e. The average molecular weight is 354 g/mol. The Hall–Kier alpha value is -2.21. The van der Waals surface area contributed by atoms with Crippen LogP contribution in [0, 0.1) is 0 Å². The topological polar surface area (TPSA) is 59.3 Å². The molecule has 2 heterocycles. The summed E-state index contributed by atoms with van der Waals surface area (Å²) in [7, 11) is 0. The van der Waals surface area contributed by atoms with Crippen LogP contribution >= 0.6 is 11.3 Å². The molecule has 25 heavy (non-hydrogen) atoms. The summed E-state index contributed by atoms with van der Waals surface area (Å²) >= 11 is 1.44. The maximum Gasteiger partial charge on any atom is 0.275 e. The van der Waals surface area contributed by atoms with Gasteiger partial charge in [-0.3, -0.25) is 4.79 Å². The van der Waals surface area contributed by atoms with Crippen LogP contribution in [-0.2, 0) is 11.8 Å². The maximum atomic E-state index is 12.3. The van der Waals surface area contributed by atoms with Gasteiger partial charge in [0.2, 0.25) is 10.1 Å². The predicted octanol–water partition coefficient (Wildman–Crippen LogP) is 3.94. The van der Waals surface area contributed by atoms with Crippen molar-refractivity contribution < 1.29 is 0 Å². The van der Waals surface area contributed by atoms with Crippen LogP contribution in [0.25, 0.3) is 4.96 Å². The fourth-order valence-corrected chi connectivity index (χ4v) is 4.60. The summed E-state index contributed by atoms with van der Waals surface area (Å²) in [4.78, 5) is 17.5. The molecule has 0 bridgehead atoms. The molecule has 0 saturated heterocycles. The highest BCUT2D eigenvalue weighted by Crippen LogP contribution is 2.45. The van der Waals surface area contributed by atoms with Crippen LogP contribution < -0.4 is 10.9 Å². The molecule has 0 saturated carbocycles. The van der Waals surface area contributed by atoms with Gasteiger partial charge in [0.15, 0.2) is 0 Å². The van der Waals surface area contributed by atoms with E-state index >= 15 is 0 Å². The van der Waals surface area contributed by atoms with Gasteiger partial charge in [0.25, 0.3) is 5.56 Å². The van der Waals surface area contributed by atoms with E-state index in [9.17, 15) is 4.79 Å². The number of benzene rings is 1. The molecule has 6 heteroatoms. The van der Waals surface area contributed by atoms with Crippen molar-refractivity contribution in [2.75, 3.05) is 5.32 Å². The van der Waals surface area contributed by atoms with Crippen LogP contribution in [0.1, 0.15) is 56.5 Å². The maximum absolute atomic E-state index is 12.3. The Morgan fingerprint density at radius 3 is 2.96 bits per heavy atom. The molecule has 3 aromatic rings. The second kappa shape index (κ2) is 5.95. The zero-order chi connectivity index (χ0) is 17.6. The lowest BCUT2D eigenvalue weighted by Gasteiger charge is -2.19. The molecule has 0 fully saturated rings. The second-order valence-corrected chi connectivity index (χ2v) is 8.27. The van der Waals surface area contributed by atoms with E-state index in [0.717, 1.165) is 30.1 Å². The zero-order valence-electron chi connectivity index (χ0n) is 14.7. The summed E-state index contributed by atoms with van der Waals surface area (Å²) in [5, 5.41) is 8.72. The van der Waals surface area contributed by atoms with Crippen molar-refractivity contribution in [3.8, 4) is 0 Å². The highest BCUT2D eigenvalue weighted by Gasteiger charge is 2.36. The van der Waals surface area contributed by atoms with Crippen molar-refractivity contribution in [3.63, 3.8) is 0 Å². The highest BCUT2D eigenvalue weighted by atomic mass is 32.1. The number of nitrogens with one attached hydrogen (secondary N) is 1. The molecule has 0 radical (unpaired) electrons. The van der Waals surface area contributed by atoms with Crippen LogP contribution in [0.5, 0.6) is 0 Å². The summed E-state index contributed by atoms with van der Waals surface area (Å²) in [6, 6.07) is 10.4. The second-order valence-electron chi connectivity index (χ2n) is 7.31. The molecule has 1 aliphatic carbocycles. The third-order valence-electron chi connectivity index (χ3n) is 4.88. The lowest BCUT2D eigenvalue weighted by molar-refractivity contribution is 0.493. The molecular formula is C19H22N4OS. The number of anilines is 1. The van der Waals surface area contributed by atoms with Crippen molar-refractivity contribution in [2.24, 2.45) is 0 Å². The molecule has 1 aromatic carbocycles. The van der Waals surface area contributed by atoms with E-state index in [0.29, 0.717) is 4.96 Å². The highest BCUT2D eigenvalue weighted by molar-refractivity contribution is 7.20. The molecule has 4 rings (SSSR count). The molecule has 130 valence electrons. The number of rotatable bonds is 4. The number of aryl methyl sites for hydroxylation is 1. The predicted molar refractivity (Wildman–Crippen MR) is 102 cm³/mol. The van der Waals surface area contributed by atoms with Crippen LogP contribution in [0.3, 0.4) is 0 Å². The Kier molecular flexibility index (Phi) is 3.87. The summed E-state index contributed by atoms with van der Waals surface area (Å²) in [6.45, 7) is 6.63. The number of aromatic nitrogens is 3. The SMILES string of the molecule is CCCc1cc(=O)n2nc(NC3CC(C)(C)c4ccccc43)sc2n1. The van der Waals surface area contributed by atoms with Gasteiger partial charge in [0.1, 0.15) is 0 Å². The minimum absolute atomic E-state index is 0.107. The number of hydrogen-bond donors (Lipinski definition) is 1. The Morgan fingerprint density at radius 1 is 1.36 bits per heavy atom. The lowest BCUT2D eigenvalue weighted by Crippen LogP contribution is -2.16. The first-order valence-corrected chi connectivity index (χ1v) is 9.55. The van der Waals surface area contributed by atoms with Crippen LogP contribution in [0.2, 0.25) is 0 Å². The van der Waals surface area contributed by atoms with E-state index in [2.05, 4.69) is 60.4 Å². The first-order valence-electron chi connectivity index (χ1n) is 8.73. The van der Waals surface area contributed by atoms with Gasteiger partial charge in [-0.05, 0) is 29.4 Å². The molecule has 0 aliphatic heterocycles. The first-order chi connectivity index (χ1) is 12.0. The minimum atomic E-state index is -0.107. The standard InChI is InChI=1S/C19H22N4OS/c1-4-7-12-10-16(24)23-18(20-12)25-17(22-23)21-15-11-19(2,3)14-9-6-5-8-13(14)15/h5-6,8-10,15H,4,7,11H2,1-3H3,(H,21,22). The molecule has 5 nitrogen and oxygen atoms in total. The number of nitrogens with zero attached hydrogens (tertiary/aromatic N) is 3. The Labute approximate surface area is 150 Å². The van der Waals surface area contributed by atoms with E-state index in [1.54, 1.807) is 6.07 Å². The third-order valence-corrected chi connectivity index (χ3v) is 5.72. The van der Waals surface area contributed by atoms with Crippen molar-refractivity contribution in [2.45, 2.75) is 51.5 Å². The van der Waals surface area contributed by atoms with Crippen LogP contribution in [0.4, 0.5) is 5.13 Å². The Morgan fingerprint density at radius 2 is 2.16 bits per heavy atom. The van der Waals surface area contributed by atoms with E-state index in [-0.39, 0.29) is 17.0 Å². The van der Waals surface area contributed by atoms with Crippen molar-refractivity contribution in [1.29, 1.82) is 0 Å². The van der Waals surface area contributed by atoms with Crippen LogP contribution in [-0.4, -0.2) is 14.6 Å². The molecule has 1 aliphatic rings. The molecule has 0 amide bonds. The van der Waals surface area contributed by atoms with Gasteiger partial charge < -0.3 is 5.32 Å². The van der Waals surface area contributed by atoms with Gasteiger partial charge in [-0.25, -0.2) is 4.98 Å². The van der Waals surface area contributed by atoms with Gasteiger partial charge in [-0.15, -0.1) is 5.10 Å². The first kappa shape index (κ1) is 16.3. The monoisotopic (exact) mass is 354 g/mol. The summed E-state index contributed by atoms with van der Waals surface area (Å²) < 4.78 is 1.40. The molecule has 2 aromatic heterocycles. The van der Waals surface area contributed by atoms with Gasteiger partial charge in [0, 0.05) is 11.8 Å². The van der Waals surface area contributed by atoms with Gasteiger partial charge in [0.05, 0.1) is 6.04 Å². The fourth-order valence-electron chi connectivity index (χ4n) is 3.72. The van der Waals surface area contributed by atoms with E-state index in [4.69, 9.17) is 0 Å². The molecule has 0 spiro atoms. The molecular weight excluding hydrogens is 332 g/mol. The van der Waals surface area contributed by atoms with E-state index in [1.807, 2.05) is 0 Å². The van der Waals surface area contributed by atoms with Gasteiger partial charge in [-0.2, -0.15) is 4.52 Å². The van der Waals surface area contributed by atoms with Crippen LogP contribution in [0.15, 0.2) is 35.1 Å². The Bertz CT molecular complexity index is 988. The zero-order valence-corrected chi connectivity index (χ0v) is 15.6. The van der Waals surface area contributed by atoms with E-state index in [1.165, 1.54) is 27.0 Å². The fraction of sp³-hybridized carbons (Fsp3) is 0.421. The third kappa shape index (κ3) is 2.84. The van der Waals surface area contributed by atoms with Gasteiger partial charge >= 0.3 is 0 Å². The smallest absolute Gasteiger partial charge is 0.275 e.